The summed E-state index contributed by atoms with van der Waals surface area (Å²) in [5.74, 6) is 0.0721. The van der Waals surface area contributed by atoms with Gasteiger partial charge in [0, 0.05) is 29.9 Å². The van der Waals surface area contributed by atoms with Crippen molar-refractivity contribution in [1.82, 2.24) is 20.1 Å². The second kappa shape index (κ2) is 5.83. The number of pyridine rings is 1. The number of rotatable bonds is 2. The molecule has 3 aromatic rings. The van der Waals surface area contributed by atoms with E-state index in [9.17, 15) is 4.79 Å². The number of carbonyl (C=O) groups excluding carboxylic acids is 1. The summed E-state index contributed by atoms with van der Waals surface area (Å²) in [4.78, 5) is 19.5. The molecule has 1 aliphatic rings. The lowest BCUT2D eigenvalue weighted by atomic mass is 9.97. The molecule has 0 bridgehead atoms. The number of piperidine rings is 1. The highest BCUT2D eigenvalue weighted by atomic mass is 16.2. The molecule has 3 heterocycles. The van der Waals surface area contributed by atoms with E-state index in [1.807, 2.05) is 41.3 Å². The van der Waals surface area contributed by atoms with Gasteiger partial charge in [0.1, 0.15) is 0 Å². The monoisotopic (exact) mass is 306 g/mol. The summed E-state index contributed by atoms with van der Waals surface area (Å²) in [6.45, 7) is 0.777. The maximum atomic E-state index is 13.2. The van der Waals surface area contributed by atoms with E-state index in [4.69, 9.17) is 0 Å². The van der Waals surface area contributed by atoms with Crippen molar-refractivity contribution in [2.75, 3.05) is 6.54 Å². The first kappa shape index (κ1) is 13.9. The van der Waals surface area contributed by atoms with E-state index >= 15 is 0 Å². The number of hydrogen-bond acceptors (Lipinski definition) is 3. The van der Waals surface area contributed by atoms with Gasteiger partial charge in [0.25, 0.3) is 5.91 Å². The van der Waals surface area contributed by atoms with Gasteiger partial charge in [-0.2, -0.15) is 5.10 Å². The number of aromatic amines is 1. The Hall–Kier alpha value is -2.69. The van der Waals surface area contributed by atoms with Gasteiger partial charge in [-0.15, -0.1) is 0 Å². The van der Waals surface area contributed by atoms with Crippen LogP contribution >= 0.6 is 0 Å². The third kappa shape index (κ3) is 2.48. The summed E-state index contributed by atoms with van der Waals surface area (Å²) in [5, 5.41) is 7.98. The van der Waals surface area contributed by atoms with Crippen LogP contribution in [0, 0.1) is 0 Å². The zero-order chi connectivity index (χ0) is 15.6. The molecule has 23 heavy (non-hydrogen) atoms. The van der Waals surface area contributed by atoms with E-state index in [0.29, 0.717) is 0 Å². The molecule has 0 spiro atoms. The topological polar surface area (TPSA) is 61.9 Å². The molecule has 0 aliphatic carbocycles. The van der Waals surface area contributed by atoms with Gasteiger partial charge >= 0.3 is 0 Å². The molecule has 5 heteroatoms. The molecule has 116 valence electrons. The summed E-state index contributed by atoms with van der Waals surface area (Å²) < 4.78 is 0. The number of nitrogens with zero attached hydrogens (tertiary/aromatic N) is 3. The van der Waals surface area contributed by atoms with E-state index < -0.39 is 0 Å². The number of carbonyl (C=O) groups is 1. The summed E-state index contributed by atoms with van der Waals surface area (Å²) >= 11 is 0. The summed E-state index contributed by atoms with van der Waals surface area (Å²) in [7, 11) is 0. The molecule has 2 aromatic heterocycles. The Kier molecular flexibility index (Phi) is 3.54. The first-order valence-corrected chi connectivity index (χ1v) is 7.98. The molecular formula is C18H18N4O. The number of aromatic nitrogens is 3. The Bertz CT molecular complexity index is 823. The van der Waals surface area contributed by atoms with Gasteiger partial charge < -0.3 is 4.90 Å². The van der Waals surface area contributed by atoms with Crippen LogP contribution in [0.1, 0.15) is 41.4 Å². The van der Waals surface area contributed by atoms with Gasteiger partial charge in [-0.1, -0.05) is 12.1 Å². The molecule has 1 fully saturated rings. The van der Waals surface area contributed by atoms with Crippen LogP contribution in [0.3, 0.4) is 0 Å². The van der Waals surface area contributed by atoms with E-state index in [1.54, 1.807) is 12.4 Å². The fourth-order valence-corrected chi connectivity index (χ4v) is 3.39. The fraction of sp³-hybridized carbons (Fsp3) is 0.278. The Morgan fingerprint density at radius 2 is 2.09 bits per heavy atom. The molecule has 0 saturated carbocycles. The van der Waals surface area contributed by atoms with Crippen molar-refractivity contribution in [2.24, 2.45) is 0 Å². The second-order valence-corrected chi connectivity index (χ2v) is 5.90. The van der Waals surface area contributed by atoms with Crippen molar-refractivity contribution >= 4 is 16.8 Å². The highest BCUT2D eigenvalue weighted by molar-refractivity contribution is 6.06. The first-order chi connectivity index (χ1) is 11.3. The number of amides is 1. The third-order valence-electron chi connectivity index (χ3n) is 4.52. The smallest absolute Gasteiger partial charge is 0.255 e. The number of hydrogen-bond donors (Lipinski definition) is 1. The summed E-state index contributed by atoms with van der Waals surface area (Å²) in [6, 6.07) is 11.6. The van der Waals surface area contributed by atoms with Crippen LogP contribution in [-0.4, -0.2) is 32.5 Å². The van der Waals surface area contributed by atoms with Crippen LogP contribution in [0.2, 0.25) is 0 Å². The van der Waals surface area contributed by atoms with Gasteiger partial charge in [-0.3, -0.25) is 14.9 Å². The Balaban J connectivity index is 1.74. The normalized spacial score (nSPS) is 18.3. The molecule has 1 saturated heterocycles. The van der Waals surface area contributed by atoms with E-state index in [-0.39, 0.29) is 11.9 Å². The third-order valence-corrected chi connectivity index (χ3v) is 4.52. The highest BCUT2D eigenvalue weighted by Gasteiger charge is 2.30. The Morgan fingerprint density at radius 1 is 1.13 bits per heavy atom. The van der Waals surface area contributed by atoms with Crippen LogP contribution in [0.25, 0.3) is 10.9 Å². The lowest BCUT2D eigenvalue weighted by molar-refractivity contribution is 0.0608. The number of H-pyrrole nitrogens is 1. The highest BCUT2D eigenvalue weighted by Crippen LogP contribution is 2.32. The standard InChI is InChI=1S/C18H18N4O/c23-18(14-5-3-7-15-13(14)6-4-10-19-15)22-12-2-1-8-17(22)16-9-11-20-21-16/h3-7,9-11,17H,1-2,8,12H2,(H,20,21). The van der Waals surface area contributed by atoms with Crippen LogP contribution in [-0.2, 0) is 0 Å². The maximum Gasteiger partial charge on any atom is 0.255 e. The minimum Gasteiger partial charge on any atom is -0.330 e. The zero-order valence-corrected chi connectivity index (χ0v) is 12.8. The van der Waals surface area contributed by atoms with Gasteiger partial charge in [0.15, 0.2) is 0 Å². The average Bonchev–Trinajstić information content (AvgIpc) is 3.15. The lowest BCUT2D eigenvalue weighted by Gasteiger charge is -2.35. The Labute approximate surface area is 134 Å². The van der Waals surface area contributed by atoms with Crippen LogP contribution < -0.4 is 0 Å². The SMILES string of the molecule is O=C(c1cccc2ncccc12)N1CCCCC1c1ccn[nH]1. The van der Waals surface area contributed by atoms with E-state index in [2.05, 4.69) is 15.2 Å². The number of benzene rings is 1. The van der Waals surface area contributed by atoms with Crippen LogP contribution in [0.4, 0.5) is 0 Å². The maximum absolute atomic E-state index is 13.2. The minimum absolute atomic E-state index is 0.0721. The molecule has 1 unspecified atom stereocenters. The average molecular weight is 306 g/mol. The van der Waals surface area contributed by atoms with Gasteiger partial charge in [0.2, 0.25) is 0 Å². The predicted octanol–water partition coefficient (Wildman–Crippen LogP) is 3.33. The molecule has 1 aliphatic heterocycles. The fourth-order valence-electron chi connectivity index (χ4n) is 3.39. The van der Waals surface area contributed by atoms with Gasteiger partial charge in [-0.25, -0.2) is 0 Å². The van der Waals surface area contributed by atoms with Crippen molar-refractivity contribution in [3.63, 3.8) is 0 Å². The predicted molar refractivity (Wildman–Crippen MR) is 88.0 cm³/mol. The molecule has 1 atom stereocenters. The quantitative estimate of drug-likeness (QED) is 0.790. The van der Waals surface area contributed by atoms with Crippen molar-refractivity contribution in [3.05, 3.63) is 60.0 Å². The summed E-state index contributed by atoms with van der Waals surface area (Å²) in [5.41, 5.74) is 2.59. The second-order valence-electron chi connectivity index (χ2n) is 5.90. The lowest BCUT2D eigenvalue weighted by Crippen LogP contribution is -2.38. The molecule has 4 rings (SSSR count). The van der Waals surface area contributed by atoms with Crippen LogP contribution in [0.15, 0.2) is 48.8 Å². The molecule has 0 radical (unpaired) electrons. The van der Waals surface area contributed by atoms with Gasteiger partial charge in [0.05, 0.1) is 17.3 Å². The molecular weight excluding hydrogens is 288 g/mol. The van der Waals surface area contributed by atoms with Crippen molar-refractivity contribution in [2.45, 2.75) is 25.3 Å². The molecule has 1 amide bonds. The van der Waals surface area contributed by atoms with Crippen molar-refractivity contribution < 1.29 is 4.79 Å². The number of likely N-dealkylation sites (tertiary alicyclic amines) is 1. The number of nitrogens with one attached hydrogen (secondary N) is 1. The zero-order valence-electron chi connectivity index (χ0n) is 12.8. The van der Waals surface area contributed by atoms with Crippen LogP contribution in [0.5, 0.6) is 0 Å². The van der Waals surface area contributed by atoms with Crippen molar-refractivity contribution in [1.29, 1.82) is 0 Å². The number of fused-ring (bicyclic) bond motifs is 1. The molecule has 1 N–H and O–H groups in total. The van der Waals surface area contributed by atoms with E-state index in [0.717, 1.165) is 48.0 Å². The summed E-state index contributed by atoms with van der Waals surface area (Å²) in [6.07, 6.45) is 6.64. The van der Waals surface area contributed by atoms with Gasteiger partial charge in [-0.05, 0) is 43.5 Å². The molecule has 1 aromatic carbocycles. The largest absolute Gasteiger partial charge is 0.330 e. The van der Waals surface area contributed by atoms with E-state index in [1.165, 1.54) is 0 Å². The molecule has 5 nitrogen and oxygen atoms in total. The Morgan fingerprint density at radius 3 is 2.96 bits per heavy atom. The minimum atomic E-state index is 0.0721. The van der Waals surface area contributed by atoms with Crippen molar-refractivity contribution in [3.8, 4) is 0 Å². The first-order valence-electron chi connectivity index (χ1n) is 7.98.